The van der Waals surface area contributed by atoms with Crippen molar-refractivity contribution in [3.05, 3.63) is 12.4 Å². The Morgan fingerprint density at radius 2 is 2.33 bits per heavy atom. The first-order valence-electron chi connectivity index (χ1n) is 7.33. The van der Waals surface area contributed by atoms with E-state index in [1.165, 1.54) is 16.7 Å². The topological polar surface area (TPSA) is 84.7 Å². The van der Waals surface area contributed by atoms with Gasteiger partial charge in [0.1, 0.15) is 4.90 Å². The van der Waals surface area contributed by atoms with Gasteiger partial charge in [0, 0.05) is 39.0 Å². The molecule has 120 valence electrons. The number of aliphatic hydroxyl groups is 1. The zero-order valence-corrected chi connectivity index (χ0v) is 13.1. The SMILES string of the molecule is CCOC1CCCN(S(=O)(=O)c2cnn(CCCO)c2)C1. The molecule has 1 aromatic rings. The third kappa shape index (κ3) is 4.03. The zero-order chi connectivity index (χ0) is 15.3. The molecule has 0 saturated carbocycles. The fourth-order valence-electron chi connectivity index (χ4n) is 2.48. The maximum Gasteiger partial charge on any atom is 0.246 e. The lowest BCUT2D eigenvalue weighted by atomic mass is 10.1. The average Bonchev–Trinajstić information content (AvgIpc) is 2.95. The highest BCUT2D eigenvalue weighted by Crippen LogP contribution is 2.21. The standard InChI is InChI=1S/C13H23N3O4S/c1-2-20-12-5-3-7-16(10-12)21(18,19)13-9-14-15(11-13)6-4-8-17/h9,11-12,17H,2-8,10H2,1H3. The molecule has 0 amide bonds. The van der Waals surface area contributed by atoms with Gasteiger partial charge in [-0.05, 0) is 26.2 Å². The third-order valence-corrected chi connectivity index (χ3v) is 5.35. The lowest BCUT2D eigenvalue weighted by Gasteiger charge is -2.31. The summed E-state index contributed by atoms with van der Waals surface area (Å²) in [5, 5.41) is 12.8. The van der Waals surface area contributed by atoms with Crippen molar-refractivity contribution in [2.75, 3.05) is 26.3 Å². The van der Waals surface area contributed by atoms with Gasteiger partial charge >= 0.3 is 0 Å². The van der Waals surface area contributed by atoms with Crippen molar-refractivity contribution in [3.8, 4) is 0 Å². The molecule has 2 rings (SSSR count). The Bertz CT molecular complexity index is 541. The number of aryl methyl sites for hydroxylation is 1. The molecule has 1 aliphatic rings. The Morgan fingerprint density at radius 1 is 1.52 bits per heavy atom. The van der Waals surface area contributed by atoms with E-state index in [-0.39, 0.29) is 17.6 Å². The predicted molar refractivity (Wildman–Crippen MR) is 77.3 cm³/mol. The Kier molecular flexibility index (Phi) is 5.74. The van der Waals surface area contributed by atoms with Crippen LogP contribution in [0, 0.1) is 0 Å². The van der Waals surface area contributed by atoms with Crippen LogP contribution in [0.25, 0.3) is 0 Å². The van der Waals surface area contributed by atoms with E-state index in [1.54, 1.807) is 4.68 Å². The normalized spacial score (nSPS) is 20.8. The number of hydrogen-bond acceptors (Lipinski definition) is 5. The second-order valence-corrected chi connectivity index (χ2v) is 7.04. The Morgan fingerprint density at radius 3 is 3.05 bits per heavy atom. The summed E-state index contributed by atoms with van der Waals surface area (Å²) >= 11 is 0. The number of rotatable bonds is 7. The molecular formula is C13H23N3O4S. The fraction of sp³-hybridized carbons (Fsp3) is 0.769. The summed E-state index contributed by atoms with van der Waals surface area (Å²) in [5.74, 6) is 0. The third-order valence-electron chi connectivity index (χ3n) is 3.54. The van der Waals surface area contributed by atoms with Crippen LogP contribution >= 0.6 is 0 Å². The van der Waals surface area contributed by atoms with Gasteiger partial charge in [0.25, 0.3) is 0 Å². The summed E-state index contributed by atoms with van der Waals surface area (Å²) in [6.45, 7) is 4.00. The van der Waals surface area contributed by atoms with Gasteiger partial charge < -0.3 is 9.84 Å². The number of sulfonamides is 1. The summed E-state index contributed by atoms with van der Waals surface area (Å²) in [5.41, 5.74) is 0. The molecule has 1 unspecified atom stereocenters. The zero-order valence-electron chi connectivity index (χ0n) is 12.3. The maximum absolute atomic E-state index is 12.6. The van der Waals surface area contributed by atoms with Gasteiger partial charge in [-0.15, -0.1) is 0 Å². The number of hydrogen-bond donors (Lipinski definition) is 1. The van der Waals surface area contributed by atoms with Gasteiger partial charge in [0.2, 0.25) is 10.0 Å². The summed E-state index contributed by atoms with van der Waals surface area (Å²) in [6.07, 6.45) is 5.13. The molecule has 0 spiro atoms. The smallest absolute Gasteiger partial charge is 0.246 e. The summed E-state index contributed by atoms with van der Waals surface area (Å²) in [4.78, 5) is 0.206. The minimum atomic E-state index is -3.51. The van der Waals surface area contributed by atoms with Crippen molar-refractivity contribution in [3.63, 3.8) is 0 Å². The van der Waals surface area contributed by atoms with Crippen LogP contribution < -0.4 is 0 Å². The lowest BCUT2D eigenvalue weighted by molar-refractivity contribution is 0.0265. The summed E-state index contributed by atoms with van der Waals surface area (Å²) < 4.78 is 33.8. The minimum absolute atomic E-state index is 0.0250. The van der Waals surface area contributed by atoms with Gasteiger partial charge in [-0.1, -0.05) is 0 Å². The highest BCUT2D eigenvalue weighted by molar-refractivity contribution is 7.89. The van der Waals surface area contributed by atoms with E-state index in [0.717, 1.165) is 12.8 Å². The lowest BCUT2D eigenvalue weighted by Crippen LogP contribution is -2.43. The summed E-state index contributed by atoms with van der Waals surface area (Å²) in [6, 6.07) is 0. The van der Waals surface area contributed by atoms with Crippen molar-refractivity contribution in [1.82, 2.24) is 14.1 Å². The Labute approximate surface area is 125 Å². The van der Waals surface area contributed by atoms with Crippen LogP contribution in [-0.2, 0) is 21.3 Å². The van der Waals surface area contributed by atoms with E-state index in [0.29, 0.717) is 32.7 Å². The van der Waals surface area contributed by atoms with E-state index in [2.05, 4.69) is 5.10 Å². The number of piperidine rings is 1. The van der Waals surface area contributed by atoms with Crippen LogP contribution in [0.5, 0.6) is 0 Å². The molecular weight excluding hydrogens is 294 g/mol. The molecule has 1 atom stereocenters. The van der Waals surface area contributed by atoms with Crippen LogP contribution in [-0.4, -0.2) is 60.0 Å². The van der Waals surface area contributed by atoms with E-state index in [4.69, 9.17) is 9.84 Å². The highest BCUT2D eigenvalue weighted by Gasteiger charge is 2.31. The number of aliphatic hydroxyl groups excluding tert-OH is 1. The van der Waals surface area contributed by atoms with Gasteiger partial charge in [0.05, 0.1) is 12.3 Å². The average molecular weight is 317 g/mol. The van der Waals surface area contributed by atoms with Crippen molar-refractivity contribution in [2.24, 2.45) is 0 Å². The molecule has 1 saturated heterocycles. The quantitative estimate of drug-likeness (QED) is 0.789. The predicted octanol–water partition coefficient (Wildman–Crippen LogP) is 0.455. The van der Waals surface area contributed by atoms with Crippen molar-refractivity contribution >= 4 is 10.0 Å². The Balaban J connectivity index is 2.08. The maximum atomic E-state index is 12.6. The van der Waals surface area contributed by atoms with Crippen molar-refractivity contribution < 1.29 is 18.3 Å². The minimum Gasteiger partial charge on any atom is -0.396 e. The van der Waals surface area contributed by atoms with Crippen LogP contribution in [0.3, 0.4) is 0 Å². The van der Waals surface area contributed by atoms with Crippen molar-refractivity contribution in [2.45, 2.75) is 43.7 Å². The first kappa shape index (κ1) is 16.4. The van der Waals surface area contributed by atoms with Crippen LogP contribution in [0.1, 0.15) is 26.2 Å². The van der Waals surface area contributed by atoms with Crippen LogP contribution in [0.2, 0.25) is 0 Å². The largest absolute Gasteiger partial charge is 0.396 e. The molecule has 1 N–H and O–H groups in total. The molecule has 21 heavy (non-hydrogen) atoms. The van der Waals surface area contributed by atoms with Gasteiger partial charge in [-0.25, -0.2) is 8.42 Å². The first-order valence-corrected chi connectivity index (χ1v) is 8.77. The first-order chi connectivity index (χ1) is 10.1. The van der Waals surface area contributed by atoms with E-state index in [1.807, 2.05) is 6.92 Å². The second kappa shape index (κ2) is 7.35. The number of ether oxygens (including phenoxy) is 1. The number of aromatic nitrogens is 2. The molecule has 0 aromatic carbocycles. The molecule has 0 radical (unpaired) electrons. The van der Waals surface area contributed by atoms with E-state index >= 15 is 0 Å². The fourth-order valence-corrected chi connectivity index (χ4v) is 3.94. The molecule has 8 heteroatoms. The molecule has 1 fully saturated rings. The molecule has 7 nitrogen and oxygen atoms in total. The number of nitrogens with zero attached hydrogens (tertiary/aromatic N) is 3. The molecule has 0 bridgehead atoms. The molecule has 0 aliphatic carbocycles. The molecule has 2 heterocycles. The second-order valence-electron chi connectivity index (χ2n) is 5.10. The highest BCUT2D eigenvalue weighted by atomic mass is 32.2. The summed E-state index contributed by atoms with van der Waals surface area (Å²) in [7, 11) is -3.51. The van der Waals surface area contributed by atoms with Gasteiger partial charge in [-0.3, -0.25) is 4.68 Å². The van der Waals surface area contributed by atoms with Gasteiger partial charge in [0.15, 0.2) is 0 Å². The molecule has 1 aliphatic heterocycles. The van der Waals surface area contributed by atoms with Gasteiger partial charge in [-0.2, -0.15) is 9.40 Å². The van der Waals surface area contributed by atoms with E-state index in [9.17, 15) is 8.42 Å². The molecule has 1 aromatic heterocycles. The Hall–Kier alpha value is -0.960. The van der Waals surface area contributed by atoms with Crippen LogP contribution in [0.4, 0.5) is 0 Å². The van der Waals surface area contributed by atoms with E-state index < -0.39 is 10.0 Å². The van der Waals surface area contributed by atoms with Crippen molar-refractivity contribution in [1.29, 1.82) is 0 Å². The van der Waals surface area contributed by atoms with Crippen LogP contribution in [0.15, 0.2) is 17.3 Å². The monoisotopic (exact) mass is 317 g/mol.